The zero-order chi connectivity index (χ0) is 17.7. The van der Waals surface area contributed by atoms with E-state index < -0.39 is 16.1 Å². The molecule has 1 aromatic heterocycles. The van der Waals surface area contributed by atoms with Crippen molar-refractivity contribution in [3.63, 3.8) is 0 Å². The zero-order valence-corrected chi connectivity index (χ0v) is 15.3. The Kier molecular flexibility index (Phi) is 5.98. The number of sulfonamides is 1. The topological polar surface area (TPSA) is 84.5 Å². The Bertz CT molecular complexity index is 771. The maximum Gasteiger partial charge on any atom is 0.241 e. The molecule has 2 atom stereocenters. The number of nitrogens with one attached hydrogen (secondary N) is 2. The van der Waals surface area contributed by atoms with Crippen LogP contribution in [0.2, 0.25) is 0 Å². The summed E-state index contributed by atoms with van der Waals surface area (Å²) in [5, 5.41) is 4.72. The Hall–Kier alpha value is -1.90. The SMILES string of the molecule is COc1ccc(S(=O)(=O)N[C@@H](C)C(=O)NC(C)c2cccs2)cc1. The van der Waals surface area contributed by atoms with Gasteiger partial charge in [-0.3, -0.25) is 4.79 Å². The summed E-state index contributed by atoms with van der Waals surface area (Å²) in [5.41, 5.74) is 0. The number of thiophene rings is 1. The van der Waals surface area contributed by atoms with Crippen LogP contribution in [-0.4, -0.2) is 27.5 Å². The highest BCUT2D eigenvalue weighted by Crippen LogP contribution is 2.18. The standard InChI is InChI=1S/C16H20N2O4S2/c1-11(15-5-4-10-23-15)17-16(19)12(2)18-24(20,21)14-8-6-13(22-3)7-9-14/h4-12,18H,1-3H3,(H,17,19)/t11?,12-/m0/s1. The van der Waals surface area contributed by atoms with Gasteiger partial charge in [-0.1, -0.05) is 6.07 Å². The van der Waals surface area contributed by atoms with Crippen molar-refractivity contribution in [2.24, 2.45) is 0 Å². The van der Waals surface area contributed by atoms with Crippen LogP contribution in [0.3, 0.4) is 0 Å². The van der Waals surface area contributed by atoms with E-state index in [0.717, 1.165) is 4.88 Å². The lowest BCUT2D eigenvalue weighted by atomic mass is 10.2. The fourth-order valence-corrected chi connectivity index (χ4v) is 3.99. The second kappa shape index (κ2) is 7.78. The van der Waals surface area contributed by atoms with Crippen molar-refractivity contribution >= 4 is 27.3 Å². The van der Waals surface area contributed by atoms with Gasteiger partial charge in [0.05, 0.1) is 24.1 Å². The van der Waals surface area contributed by atoms with Gasteiger partial charge in [0.2, 0.25) is 15.9 Å². The quantitative estimate of drug-likeness (QED) is 0.785. The van der Waals surface area contributed by atoms with E-state index >= 15 is 0 Å². The smallest absolute Gasteiger partial charge is 0.241 e. The molecule has 2 rings (SSSR count). The van der Waals surface area contributed by atoms with Gasteiger partial charge < -0.3 is 10.1 Å². The van der Waals surface area contributed by atoms with Crippen LogP contribution in [0.15, 0.2) is 46.7 Å². The molecule has 1 heterocycles. The lowest BCUT2D eigenvalue weighted by molar-refractivity contribution is -0.122. The van der Waals surface area contributed by atoms with Gasteiger partial charge in [0.15, 0.2) is 0 Å². The number of amides is 1. The van der Waals surface area contributed by atoms with Crippen LogP contribution in [-0.2, 0) is 14.8 Å². The van der Waals surface area contributed by atoms with Crippen molar-refractivity contribution in [1.82, 2.24) is 10.0 Å². The van der Waals surface area contributed by atoms with E-state index in [2.05, 4.69) is 10.0 Å². The molecule has 130 valence electrons. The largest absolute Gasteiger partial charge is 0.497 e. The molecule has 0 bridgehead atoms. The third kappa shape index (κ3) is 4.56. The highest BCUT2D eigenvalue weighted by Gasteiger charge is 2.23. The van der Waals surface area contributed by atoms with Gasteiger partial charge in [-0.25, -0.2) is 8.42 Å². The maximum atomic E-state index is 12.3. The molecule has 1 amide bonds. The minimum Gasteiger partial charge on any atom is -0.497 e. The fraction of sp³-hybridized carbons (Fsp3) is 0.312. The summed E-state index contributed by atoms with van der Waals surface area (Å²) < 4.78 is 32.0. The van der Waals surface area contributed by atoms with Crippen LogP contribution in [0.1, 0.15) is 24.8 Å². The predicted octanol–water partition coefficient (Wildman–Crippen LogP) is 2.30. The molecule has 2 aromatic rings. The Morgan fingerprint density at radius 2 is 1.83 bits per heavy atom. The summed E-state index contributed by atoms with van der Waals surface area (Å²) >= 11 is 1.53. The molecule has 1 aromatic carbocycles. The number of hydrogen-bond acceptors (Lipinski definition) is 5. The van der Waals surface area contributed by atoms with Crippen LogP contribution < -0.4 is 14.8 Å². The predicted molar refractivity (Wildman–Crippen MR) is 93.7 cm³/mol. The molecule has 0 aliphatic rings. The zero-order valence-electron chi connectivity index (χ0n) is 13.6. The van der Waals surface area contributed by atoms with Crippen molar-refractivity contribution in [2.75, 3.05) is 7.11 Å². The first-order valence-corrected chi connectivity index (χ1v) is 9.70. The van der Waals surface area contributed by atoms with E-state index in [9.17, 15) is 13.2 Å². The van der Waals surface area contributed by atoms with Gasteiger partial charge in [-0.2, -0.15) is 4.72 Å². The number of hydrogen-bond donors (Lipinski definition) is 2. The summed E-state index contributed by atoms with van der Waals surface area (Å²) in [4.78, 5) is 13.3. The Morgan fingerprint density at radius 3 is 2.38 bits per heavy atom. The molecule has 1 unspecified atom stereocenters. The van der Waals surface area contributed by atoms with Crippen LogP contribution in [0, 0.1) is 0 Å². The lowest BCUT2D eigenvalue weighted by Crippen LogP contribution is -2.45. The minimum atomic E-state index is -3.78. The molecule has 8 heteroatoms. The van der Waals surface area contributed by atoms with Gasteiger partial charge in [-0.15, -0.1) is 11.3 Å². The molecular formula is C16H20N2O4S2. The van der Waals surface area contributed by atoms with Gasteiger partial charge in [0.1, 0.15) is 5.75 Å². The number of carbonyl (C=O) groups excluding carboxylic acids is 1. The molecule has 0 spiro atoms. The van der Waals surface area contributed by atoms with Crippen molar-refractivity contribution in [1.29, 1.82) is 0 Å². The normalized spacial score (nSPS) is 14.0. The maximum absolute atomic E-state index is 12.3. The van der Waals surface area contributed by atoms with E-state index in [1.165, 1.54) is 37.5 Å². The molecule has 24 heavy (non-hydrogen) atoms. The third-order valence-electron chi connectivity index (χ3n) is 3.42. The van der Waals surface area contributed by atoms with Gasteiger partial charge >= 0.3 is 0 Å². The molecule has 0 aliphatic heterocycles. The Balaban J connectivity index is 2.01. The van der Waals surface area contributed by atoms with Crippen molar-refractivity contribution in [3.8, 4) is 5.75 Å². The van der Waals surface area contributed by atoms with Crippen molar-refractivity contribution in [2.45, 2.75) is 30.8 Å². The van der Waals surface area contributed by atoms with Gasteiger partial charge in [-0.05, 0) is 49.6 Å². The summed E-state index contributed by atoms with van der Waals surface area (Å²) in [6.45, 7) is 3.37. The van der Waals surface area contributed by atoms with Crippen LogP contribution in [0.5, 0.6) is 5.75 Å². The van der Waals surface area contributed by atoms with Crippen molar-refractivity contribution < 1.29 is 17.9 Å². The molecule has 6 nitrogen and oxygen atoms in total. The van der Waals surface area contributed by atoms with Crippen LogP contribution in [0.25, 0.3) is 0 Å². The number of benzene rings is 1. The summed E-state index contributed by atoms with van der Waals surface area (Å²) in [7, 11) is -2.28. The average molecular weight is 368 g/mol. The van der Waals surface area contributed by atoms with Crippen molar-refractivity contribution in [3.05, 3.63) is 46.7 Å². The average Bonchev–Trinajstić information content (AvgIpc) is 3.09. The van der Waals surface area contributed by atoms with E-state index in [1.807, 2.05) is 24.4 Å². The Morgan fingerprint density at radius 1 is 1.17 bits per heavy atom. The molecule has 0 fully saturated rings. The number of ether oxygens (including phenoxy) is 1. The summed E-state index contributed by atoms with van der Waals surface area (Å²) in [6.07, 6.45) is 0. The molecule has 0 saturated carbocycles. The lowest BCUT2D eigenvalue weighted by Gasteiger charge is -2.18. The van der Waals surface area contributed by atoms with E-state index in [-0.39, 0.29) is 16.8 Å². The molecule has 2 N–H and O–H groups in total. The first-order chi connectivity index (χ1) is 11.3. The molecule has 0 aliphatic carbocycles. The highest BCUT2D eigenvalue weighted by atomic mass is 32.2. The van der Waals surface area contributed by atoms with Gasteiger partial charge in [0.25, 0.3) is 0 Å². The molecular weight excluding hydrogens is 348 g/mol. The molecule has 0 radical (unpaired) electrons. The Labute approximate surface area is 145 Å². The van der Waals surface area contributed by atoms with E-state index in [0.29, 0.717) is 5.75 Å². The first kappa shape index (κ1) is 18.4. The monoisotopic (exact) mass is 368 g/mol. The molecule has 0 saturated heterocycles. The van der Waals surface area contributed by atoms with E-state index in [4.69, 9.17) is 4.74 Å². The second-order valence-electron chi connectivity index (χ2n) is 5.26. The second-order valence-corrected chi connectivity index (χ2v) is 7.96. The van der Waals surface area contributed by atoms with E-state index in [1.54, 1.807) is 12.1 Å². The number of rotatable bonds is 7. The minimum absolute atomic E-state index is 0.0780. The van der Waals surface area contributed by atoms with Crippen LogP contribution in [0.4, 0.5) is 0 Å². The highest BCUT2D eigenvalue weighted by molar-refractivity contribution is 7.89. The number of methoxy groups -OCH3 is 1. The summed E-state index contributed by atoms with van der Waals surface area (Å²) in [6, 6.07) is 8.72. The third-order valence-corrected chi connectivity index (χ3v) is 6.04. The fourth-order valence-electron chi connectivity index (χ4n) is 2.06. The number of carbonyl (C=O) groups is 1. The van der Waals surface area contributed by atoms with Crippen LogP contribution >= 0.6 is 11.3 Å². The van der Waals surface area contributed by atoms with Gasteiger partial charge in [0, 0.05) is 4.88 Å². The first-order valence-electron chi connectivity index (χ1n) is 7.33. The summed E-state index contributed by atoms with van der Waals surface area (Å²) in [5.74, 6) is 0.178.